The summed E-state index contributed by atoms with van der Waals surface area (Å²) in [6.07, 6.45) is 4.83. The van der Waals surface area contributed by atoms with Crippen molar-refractivity contribution in [3.63, 3.8) is 0 Å². The fraction of sp³-hybridized carbons (Fsp3) is 0.429. The van der Waals surface area contributed by atoms with E-state index in [0.29, 0.717) is 0 Å². The van der Waals surface area contributed by atoms with Gasteiger partial charge in [0, 0.05) is 11.3 Å². The summed E-state index contributed by atoms with van der Waals surface area (Å²) in [6, 6.07) is 10.3. The Bertz CT molecular complexity index is 459. The lowest BCUT2D eigenvalue weighted by atomic mass is 9.82. The third kappa shape index (κ3) is 1.49. The third-order valence-electron chi connectivity index (χ3n) is 3.57. The van der Waals surface area contributed by atoms with Crippen LogP contribution in [0, 0.1) is 0 Å². The normalized spacial score (nSPS) is 28.3. The summed E-state index contributed by atoms with van der Waals surface area (Å²) in [5, 5.41) is 0. The summed E-state index contributed by atoms with van der Waals surface area (Å²) in [6.45, 7) is 2.22. The molecule has 0 bridgehead atoms. The second kappa shape index (κ2) is 3.55. The molecule has 2 heteroatoms. The molecule has 1 heterocycles. The molecule has 1 unspecified atom stereocenters. The molecule has 0 saturated heterocycles. The molecule has 0 N–H and O–H groups in total. The summed E-state index contributed by atoms with van der Waals surface area (Å²) in [5.41, 5.74) is 2.44. The molecular weight excluding hydrogens is 196 g/mol. The van der Waals surface area contributed by atoms with Crippen LogP contribution in [0.4, 0.5) is 0 Å². The molecular formula is C14H16N2. The van der Waals surface area contributed by atoms with Gasteiger partial charge in [-0.3, -0.25) is 4.99 Å². The highest BCUT2D eigenvalue weighted by Gasteiger charge is 2.37. The van der Waals surface area contributed by atoms with Crippen LogP contribution in [0.1, 0.15) is 38.2 Å². The summed E-state index contributed by atoms with van der Waals surface area (Å²) in [4.78, 5) is 9.54. The molecule has 1 aliphatic heterocycles. The third-order valence-corrected chi connectivity index (χ3v) is 3.57. The maximum atomic E-state index is 4.83. The number of aliphatic imine (C=N–C) groups is 2. The zero-order valence-electron chi connectivity index (χ0n) is 9.61. The van der Waals surface area contributed by atoms with Crippen molar-refractivity contribution >= 4 is 11.5 Å². The molecule has 16 heavy (non-hydrogen) atoms. The van der Waals surface area contributed by atoms with E-state index in [1.165, 1.54) is 18.6 Å². The molecule has 0 spiro atoms. The first kappa shape index (κ1) is 9.76. The van der Waals surface area contributed by atoms with Crippen LogP contribution in [0.5, 0.6) is 0 Å². The van der Waals surface area contributed by atoms with Crippen molar-refractivity contribution in [2.75, 3.05) is 0 Å². The van der Waals surface area contributed by atoms with Crippen molar-refractivity contribution in [3.05, 3.63) is 35.9 Å². The first-order valence-electron chi connectivity index (χ1n) is 6.01. The second-order valence-electron chi connectivity index (χ2n) is 4.84. The Morgan fingerprint density at radius 2 is 1.94 bits per heavy atom. The average Bonchev–Trinajstić information content (AvgIpc) is 2.67. The number of fused-ring (bicyclic) bond motifs is 1. The zero-order valence-corrected chi connectivity index (χ0v) is 9.61. The molecule has 1 fully saturated rings. The Labute approximate surface area is 96.1 Å². The minimum atomic E-state index is 0.00340. The lowest BCUT2D eigenvalue weighted by Gasteiger charge is -2.27. The van der Waals surface area contributed by atoms with E-state index in [2.05, 4.69) is 19.1 Å². The summed E-state index contributed by atoms with van der Waals surface area (Å²) in [7, 11) is 0. The van der Waals surface area contributed by atoms with Crippen LogP contribution in [0.2, 0.25) is 0 Å². The van der Waals surface area contributed by atoms with Gasteiger partial charge in [-0.2, -0.15) is 0 Å². The molecule has 1 aromatic rings. The van der Waals surface area contributed by atoms with Crippen LogP contribution < -0.4 is 0 Å². The second-order valence-corrected chi connectivity index (χ2v) is 4.84. The first-order chi connectivity index (χ1) is 7.78. The number of rotatable bonds is 1. The molecule has 3 rings (SSSR count). The predicted molar refractivity (Wildman–Crippen MR) is 67.3 cm³/mol. The summed E-state index contributed by atoms with van der Waals surface area (Å²) >= 11 is 0. The van der Waals surface area contributed by atoms with E-state index in [4.69, 9.17) is 9.98 Å². The molecule has 0 amide bonds. The minimum absolute atomic E-state index is 0.00340. The van der Waals surface area contributed by atoms with Crippen LogP contribution in [0.3, 0.4) is 0 Å². The topological polar surface area (TPSA) is 24.7 Å². The molecule has 2 aliphatic rings. The van der Waals surface area contributed by atoms with Gasteiger partial charge in [-0.1, -0.05) is 36.8 Å². The summed E-state index contributed by atoms with van der Waals surface area (Å²) < 4.78 is 0. The lowest BCUT2D eigenvalue weighted by molar-refractivity contribution is 0.497. The number of hydrogen-bond donors (Lipinski definition) is 0. The van der Waals surface area contributed by atoms with Crippen LogP contribution in [0.25, 0.3) is 0 Å². The maximum absolute atomic E-state index is 4.83. The molecule has 2 nitrogen and oxygen atoms in total. The minimum Gasteiger partial charge on any atom is -0.254 e. The highest BCUT2D eigenvalue weighted by Crippen LogP contribution is 2.33. The van der Waals surface area contributed by atoms with Gasteiger partial charge in [0.2, 0.25) is 0 Å². The standard InChI is InChI=1S/C14H16N2/c1-14-10-6-5-9-12(14)15-13(16-14)11-7-3-2-4-8-11/h2-4,7-8H,5-6,9-10H2,1H3. The van der Waals surface area contributed by atoms with E-state index in [1.54, 1.807) is 0 Å². The predicted octanol–water partition coefficient (Wildman–Crippen LogP) is 3.22. The van der Waals surface area contributed by atoms with Gasteiger partial charge in [-0.15, -0.1) is 0 Å². The Morgan fingerprint density at radius 3 is 2.69 bits per heavy atom. The van der Waals surface area contributed by atoms with E-state index >= 15 is 0 Å². The van der Waals surface area contributed by atoms with Crippen molar-refractivity contribution in [1.29, 1.82) is 0 Å². The first-order valence-corrected chi connectivity index (χ1v) is 6.01. The number of nitrogens with zero attached hydrogens (tertiary/aromatic N) is 2. The van der Waals surface area contributed by atoms with E-state index < -0.39 is 0 Å². The zero-order chi connectivity index (χ0) is 11.0. The average molecular weight is 212 g/mol. The highest BCUT2D eigenvalue weighted by atomic mass is 15.1. The monoisotopic (exact) mass is 212 g/mol. The van der Waals surface area contributed by atoms with Gasteiger partial charge in [0.05, 0.1) is 5.54 Å². The van der Waals surface area contributed by atoms with Crippen molar-refractivity contribution in [2.45, 2.75) is 38.1 Å². The maximum Gasteiger partial charge on any atom is 0.155 e. The van der Waals surface area contributed by atoms with Gasteiger partial charge in [0.1, 0.15) is 0 Å². The highest BCUT2D eigenvalue weighted by molar-refractivity contribution is 6.14. The fourth-order valence-corrected chi connectivity index (χ4v) is 2.57. The van der Waals surface area contributed by atoms with E-state index in [0.717, 1.165) is 24.2 Å². The molecule has 0 radical (unpaired) electrons. The van der Waals surface area contributed by atoms with Crippen LogP contribution in [-0.4, -0.2) is 17.1 Å². The quantitative estimate of drug-likeness (QED) is 0.683. The smallest absolute Gasteiger partial charge is 0.155 e. The van der Waals surface area contributed by atoms with Crippen molar-refractivity contribution in [2.24, 2.45) is 9.98 Å². The van der Waals surface area contributed by atoms with Gasteiger partial charge < -0.3 is 0 Å². The fourth-order valence-electron chi connectivity index (χ4n) is 2.57. The molecule has 1 aromatic carbocycles. The lowest BCUT2D eigenvalue weighted by Crippen LogP contribution is -2.33. The van der Waals surface area contributed by atoms with Crippen molar-refractivity contribution < 1.29 is 0 Å². The molecule has 0 aromatic heterocycles. The van der Waals surface area contributed by atoms with Gasteiger partial charge in [0.15, 0.2) is 5.84 Å². The molecule has 1 saturated carbocycles. The van der Waals surface area contributed by atoms with Gasteiger partial charge in [0.25, 0.3) is 0 Å². The van der Waals surface area contributed by atoms with E-state index in [9.17, 15) is 0 Å². The molecule has 1 atom stereocenters. The van der Waals surface area contributed by atoms with Crippen molar-refractivity contribution in [3.8, 4) is 0 Å². The number of benzene rings is 1. The Hall–Kier alpha value is -1.44. The van der Waals surface area contributed by atoms with Gasteiger partial charge >= 0.3 is 0 Å². The summed E-state index contributed by atoms with van der Waals surface area (Å²) in [5.74, 6) is 0.931. The van der Waals surface area contributed by atoms with E-state index in [-0.39, 0.29) is 5.54 Å². The largest absolute Gasteiger partial charge is 0.254 e. The number of hydrogen-bond acceptors (Lipinski definition) is 2. The van der Waals surface area contributed by atoms with Crippen LogP contribution in [0.15, 0.2) is 40.3 Å². The Morgan fingerprint density at radius 1 is 1.12 bits per heavy atom. The molecule has 1 aliphatic carbocycles. The van der Waals surface area contributed by atoms with Crippen LogP contribution in [-0.2, 0) is 0 Å². The SMILES string of the molecule is CC12CCCCC1=NC(c1ccccc1)=N2. The van der Waals surface area contributed by atoms with Gasteiger partial charge in [-0.05, 0) is 26.2 Å². The van der Waals surface area contributed by atoms with E-state index in [1.807, 2.05) is 18.2 Å². The Kier molecular flexibility index (Phi) is 2.16. The van der Waals surface area contributed by atoms with Crippen molar-refractivity contribution in [1.82, 2.24) is 0 Å². The molecule has 82 valence electrons. The van der Waals surface area contributed by atoms with Gasteiger partial charge in [-0.25, -0.2) is 4.99 Å². The van der Waals surface area contributed by atoms with Crippen LogP contribution >= 0.6 is 0 Å². The number of amidine groups is 1. The Balaban J connectivity index is 2.00.